The molecule has 0 aromatic rings. The van der Waals surface area contributed by atoms with Crippen molar-refractivity contribution in [3.8, 4) is 0 Å². The molecule has 0 aromatic heterocycles. The van der Waals surface area contributed by atoms with Crippen molar-refractivity contribution in [1.29, 1.82) is 0 Å². The first-order chi connectivity index (χ1) is 6.18. The number of alkyl halides is 1. The first kappa shape index (κ1) is 9.94. The number of carbonyl (C=O) groups excluding carboxylic acids is 1. The number of ketones is 1. The van der Waals surface area contributed by atoms with E-state index in [9.17, 15) is 4.79 Å². The zero-order valence-corrected chi connectivity index (χ0v) is 10.3. The molecule has 74 valence electrons. The lowest BCUT2D eigenvalue weighted by Gasteiger charge is -2.30. The van der Waals surface area contributed by atoms with Crippen molar-refractivity contribution < 1.29 is 4.79 Å². The van der Waals surface area contributed by atoms with Gasteiger partial charge in [-0.2, -0.15) is 0 Å². The Hall–Kier alpha value is 0.400. The highest BCUT2D eigenvalue weighted by Crippen LogP contribution is 2.55. The molecule has 2 atom stereocenters. The number of carbonyl (C=O) groups is 1. The maximum Gasteiger partial charge on any atom is 0.139 e. The molecule has 2 saturated carbocycles. The molecule has 0 N–H and O–H groups in total. The quantitative estimate of drug-likeness (QED) is 0.564. The zero-order valence-electron chi connectivity index (χ0n) is 8.18. The molecule has 2 fully saturated rings. The normalized spacial score (nSPS) is 33.4. The molecule has 2 aliphatic carbocycles. The number of halogens is 1. The summed E-state index contributed by atoms with van der Waals surface area (Å²) in [6.07, 6.45) is 5.76. The van der Waals surface area contributed by atoms with Gasteiger partial charge < -0.3 is 0 Å². The van der Waals surface area contributed by atoms with Crippen molar-refractivity contribution in [1.82, 2.24) is 0 Å². The van der Waals surface area contributed by atoms with Gasteiger partial charge in [-0.25, -0.2) is 0 Å². The summed E-state index contributed by atoms with van der Waals surface area (Å²) in [5, 5.41) is 0. The summed E-state index contributed by atoms with van der Waals surface area (Å²) in [6, 6.07) is 0. The van der Waals surface area contributed by atoms with E-state index in [1.165, 1.54) is 30.1 Å². The van der Waals surface area contributed by atoms with Crippen molar-refractivity contribution in [2.24, 2.45) is 17.3 Å². The lowest BCUT2D eigenvalue weighted by atomic mass is 9.74. The van der Waals surface area contributed by atoms with E-state index in [1.807, 2.05) is 0 Å². The third-order valence-electron chi connectivity index (χ3n) is 3.93. The zero-order chi connectivity index (χ0) is 9.47. The van der Waals surface area contributed by atoms with Gasteiger partial charge in [0.05, 0.1) is 0 Å². The Kier molecular flexibility index (Phi) is 2.69. The van der Waals surface area contributed by atoms with Crippen LogP contribution in [0.4, 0.5) is 0 Å². The molecule has 1 unspecified atom stereocenters. The van der Waals surface area contributed by atoms with Gasteiger partial charge >= 0.3 is 0 Å². The average Bonchev–Trinajstić information content (AvgIpc) is 2.90. The van der Waals surface area contributed by atoms with Crippen molar-refractivity contribution >= 4 is 28.4 Å². The summed E-state index contributed by atoms with van der Waals surface area (Å²) in [5.74, 6) is 2.01. The second-order valence-corrected chi connectivity index (χ2v) is 5.72. The SMILES string of the molecule is CC(CI)[C@@H]1CCC2(CC2)C(=O)C1. The number of hydrogen-bond donors (Lipinski definition) is 0. The van der Waals surface area contributed by atoms with E-state index in [-0.39, 0.29) is 5.41 Å². The molecule has 0 radical (unpaired) electrons. The third-order valence-corrected chi connectivity index (χ3v) is 5.32. The van der Waals surface area contributed by atoms with E-state index >= 15 is 0 Å². The van der Waals surface area contributed by atoms with E-state index in [0.717, 1.165) is 12.3 Å². The second-order valence-electron chi connectivity index (χ2n) is 4.84. The summed E-state index contributed by atoms with van der Waals surface area (Å²) in [4.78, 5) is 11.8. The highest BCUT2D eigenvalue weighted by molar-refractivity contribution is 14.1. The van der Waals surface area contributed by atoms with Crippen LogP contribution in [-0.4, -0.2) is 10.2 Å². The molecule has 0 aromatic carbocycles. The van der Waals surface area contributed by atoms with E-state index < -0.39 is 0 Å². The van der Waals surface area contributed by atoms with Crippen LogP contribution >= 0.6 is 22.6 Å². The molecular formula is C11H17IO. The van der Waals surface area contributed by atoms with Gasteiger partial charge in [0.1, 0.15) is 5.78 Å². The van der Waals surface area contributed by atoms with Gasteiger partial charge in [-0.05, 0) is 37.5 Å². The highest BCUT2D eigenvalue weighted by Gasteiger charge is 2.51. The predicted molar refractivity (Wildman–Crippen MR) is 62.1 cm³/mol. The van der Waals surface area contributed by atoms with Crippen LogP contribution in [0.15, 0.2) is 0 Å². The van der Waals surface area contributed by atoms with E-state index in [1.54, 1.807) is 0 Å². The Morgan fingerprint density at radius 2 is 2.23 bits per heavy atom. The Morgan fingerprint density at radius 3 is 2.69 bits per heavy atom. The van der Waals surface area contributed by atoms with Crippen molar-refractivity contribution in [2.45, 2.75) is 39.0 Å². The fraction of sp³-hybridized carbons (Fsp3) is 0.909. The lowest BCUT2D eigenvalue weighted by molar-refractivity contribution is -0.128. The molecule has 0 saturated heterocycles. The standard InChI is InChI=1S/C11H17IO/c1-8(7-12)9-2-3-11(4-5-11)10(13)6-9/h8-9H,2-7H2,1H3/t8?,9-/m1/s1. The average molecular weight is 292 g/mol. The predicted octanol–water partition coefficient (Wildman–Crippen LogP) is 3.21. The van der Waals surface area contributed by atoms with Crippen LogP contribution in [0.1, 0.15) is 39.0 Å². The third kappa shape index (κ3) is 1.79. The van der Waals surface area contributed by atoms with Crippen molar-refractivity contribution in [3.05, 3.63) is 0 Å². The monoisotopic (exact) mass is 292 g/mol. The van der Waals surface area contributed by atoms with Crippen LogP contribution in [0.2, 0.25) is 0 Å². The minimum Gasteiger partial charge on any atom is -0.299 e. The molecule has 2 rings (SSSR count). The van der Waals surface area contributed by atoms with Gasteiger partial charge in [-0.15, -0.1) is 0 Å². The fourth-order valence-corrected chi connectivity index (χ4v) is 3.17. The summed E-state index contributed by atoms with van der Waals surface area (Å²) < 4.78 is 1.20. The van der Waals surface area contributed by atoms with Crippen LogP contribution in [0, 0.1) is 17.3 Å². The minimum atomic E-state index is 0.210. The molecule has 0 amide bonds. The lowest BCUT2D eigenvalue weighted by Crippen LogP contribution is -2.29. The molecule has 2 heteroatoms. The fourth-order valence-electron chi connectivity index (χ4n) is 2.45. The molecule has 2 aliphatic rings. The van der Waals surface area contributed by atoms with Crippen molar-refractivity contribution in [3.63, 3.8) is 0 Å². The summed E-state index contributed by atoms with van der Waals surface area (Å²) >= 11 is 2.44. The summed E-state index contributed by atoms with van der Waals surface area (Å²) in [6.45, 7) is 2.29. The minimum absolute atomic E-state index is 0.210. The molecule has 0 bridgehead atoms. The Balaban J connectivity index is 1.95. The van der Waals surface area contributed by atoms with Gasteiger partial charge in [0.2, 0.25) is 0 Å². The van der Waals surface area contributed by atoms with Gasteiger partial charge in [0.25, 0.3) is 0 Å². The van der Waals surface area contributed by atoms with Crippen LogP contribution < -0.4 is 0 Å². The molecule has 1 nitrogen and oxygen atoms in total. The van der Waals surface area contributed by atoms with E-state index in [4.69, 9.17) is 0 Å². The first-order valence-electron chi connectivity index (χ1n) is 5.27. The van der Waals surface area contributed by atoms with Crippen LogP contribution in [0.3, 0.4) is 0 Å². The van der Waals surface area contributed by atoms with Crippen LogP contribution in [0.5, 0.6) is 0 Å². The molecule has 0 aliphatic heterocycles. The maximum atomic E-state index is 11.8. The second kappa shape index (κ2) is 3.52. The highest BCUT2D eigenvalue weighted by atomic mass is 127. The molecular weight excluding hydrogens is 275 g/mol. The topological polar surface area (TPSA) is 17.1 Å². The van der Waals surface area contributed by atoms with Gasteiger partial charge in [-0.1, -0.05) is 29.5 Å². The van der Waals surface area contributed by atoms with Crippen LogP contribution in [0.25, 0.3) is 0 Å². The molecule has 1 spiro atoms. The maximum absolute atomic E-state index is 11.8. The summed E-state index contributed by atoms with van der Waals surface area (Å²) in [7, 11) is 0. The molecule has 13 heavy (non-hydrogen) atoms. The smallest absolute Gasteiger partial charge is 0.139 e. The number of hydrogen-bond acceptors (Lipinski definition) is 1. The molecule has 0 heterocycles. The van der Waals surface area contributed by atoms with Crippen LogP contribution in [-0.2, 0) is 4.79 Å². The largest absolute Gasteiger partial charge is 0.299 e. The number of Topliss-reactive ketones (excluding diaryl/α,β-unsaturated/α-hetero) is 1. The summed E-state index contributed by atoms with van der Waals surface area (Å²) in [5.41, 5.74) is 0.210. The van der Waals surface area contributed by atoms with Gasteiger partial charge in [0.15, 0.2) is 0 Å². The Labute approximate surface area is 93.8 Å². The van der Waals surface area contributed by atoms with Gasteiger partial charge in [0, 0.05) is 16.3 Å². The Morgan fingerprint density at radius 1 is 1.54 bits per heavy atom. The van der Waals surface area contributed by atoms with E-state index in [2.05, 4.69) is 29.5 Å². The first-order valence-corrected chi connectivity index (χ1v) is 6.80. The number of rotatable bonds is 2. The van der Waals surface area contributed by atoms with Crippen molar-refractivity contribution in [2.75, 3.05) is 4.43 Å². The van der Waals surface area contributed by atoms with E-state index in [0.29, 0.717) is 11.7 Å². The van der Waals surface area contributed by atoms with Gasteiger partial charge in [-0.3, -0.25) is 4.79 Å². The Bertz CT molecular complexity index is 220.